The second kappa shape index (κ2) is 5.00. The number of carbonyl (C=O) groups is 1. The number of rotatable bonds is 4. The van der Waals surface area contributed by atoms with Crippen LogP contribution in [0.1, 0.15) is 23.8 Å². The highest BCUT2D eigenvalue weighted by Gasteiger charge is 2.32. The Labute approximate surface area is 117 Å². The second-order valence-corrected chi connectivity index (χ2v) is 5.42. The molecule has 3 N–H and O–H groups in total. The number of hydrogen-bond acceptors (Lipinski definition) is 3. The van der Waals surface area contributed by atoms with Gasteiger partial charge >= 0.3 is 0 Å². The number of nitrogens with zero attached hydrogens (tertiary/aromatic N) is 2. The Morgan fingerprint density at radius 1 is 1.50 bits per heavy atom. The molecule has 2 atom stereocenters. The largest absolute Gasteiger partial charge is 0.399 e. The third-order valence-electron chi connectivity index (χ3n) is 3.76. The summed E-state index contributed by atoms with van der Waals surface area (Å²) in [6.45, 7) is 2.94. The van der Waals surface area contributed by atoms with E-state index in [0.717, 1.165) is 18.2 Å². The van der Waals surface area contributed by atoms with Crippen molar-refractivity contribution >= 4 is 11.6 Å². The number of hydrogen-bond donors (Lipinski definition) is 2. The normalized spacial score (nSPS) is 20.6. The van der Waals surface area contributed by atoms with Crippen LogP contribution in [0.25, 0.3) is 5.69 Å². The average molecular weight is 270 g/mol. The molecule has 2 aromatic rings. The van der Waals surface area contributed by atoms with Crippen LogP contribution in [0.3, 0.4) is 0 Å². The molecule has 0 aliphatic heterocycles. The Kier molecular flexibility index (Phi) is 3.18. The van der Waals surface area contributed by atoms with Crippen LogP contribution in [0.2, 0.25) is 0 Å². The lowest BCUT2D eigenvalue weighted by atomic mass is 10.3. The van der Waals surface area contributed by atoms with E-state index in [2.05, 4.69) is 17.3 Å². The number of nitrogens with one attached hydrogen (secondary N) is 1. The molecule has 1 aromatic heterocycles. The van der Waals surface area contributed by atoms with Gasteiger partial charge in [0.2, 0.25) is 0 Å². The molecule has 1 aromatic carbocycles. The van der Waals surface area contributed by atoms with E-state index in [-0.39, 0.29) is 5.91 Å². The molecule has 3 rings (SSSR count). The van der Waals surface area contributed by atoms with E-state index in [1.54, 1.807) is 16.9 Å². The maximum absolute atomic E-state index is 12.0. The molecule has 1 saturated carbocycles. The third-order valence-corrected chi connectivity index (χ3v) is 3.76. The maximum Gasteiger partial charge on any atom is 0.271 e. The van der Waals surface area contributed by atoms with E-state index in [9.17, 15) is 4.79 Å². The predicted octanol–water partition coefficient (Wildman–Crippen LogP) is 1.84. The zero-order chi connectivity index (χ0) is 14.1. The minimum absolute atomic E-state index is 0.119. The van der Waals surface area contributed by atoms with E-state index < -0.39 is 0 Å². The monoisotopic (exact) mass is 270 g/mol. The van der Waals surface area contributed by atoms with Crippen molar-refractivity contribution < 1.29 is 4.79 Å². The quantitative estimate of drug-likeness (QED) is 0.833. The van der Waals surface area contributed by atoms with Gasteiger partial charge in [0.25, 0.3) is 5.91 Å². The van der Waals surface area contributed by atoms with Gasteiger partial charge in [-0.2, -0.15) is 5.10 Å². The van der Waals surface area contributed by atoms with E-state index in [4.69, 9.17) is 5.73 Å². The van der Waals surface area contributed by atoms with Crippen molar-refractivity contribution in [3.05, 3.63) is 42.2 Å². The first kappa shape index (κ1) is 12.7. The molecule has 1 aliphatic carbocycles. The molecule has 0 radical (unpaired) electrons. The van der Waals surface area contributed by atoms with Crippen molar-refractivity contribution in [3.63, 3.8) is 0 Å². The Balaban J connectivity index is 1.68. The Morgan fingerprint density at radius 3 is 3.00 bits per heavy atom. The van der Waals surface area contributed by atoms with Crippen molar-refractivity contribution in [2.75, 3.05) is 12.3 Å². The van der Waals surface area contributed by atoms with Crippen LogP contribution < -0.4 is 11.1 Å². The summed E-state index contributed by atoms with van der Waals surface area (Å²) in [6, 6.07) is 9.12. The molecule has 1 amide bonds. The molecule has 1 fully saturated rings. The van der Waals surface area contributed by atoms with E-state index in [1.165, 1.54) is 6.42 Å². The summed E-state index contributed by atoms with van der Waals surface area (Å²) in [5.74, 6) is 1.25. The molecule has 5 nitrogen and oxygen atoms in total. The van der Waals surface area contributed by atoms with Crippen LogP contribution >= 0.6 is 0 Å². The number of aromatic nitrogens is 2. The highest BCUT2D eigenvalue weighted by Crippen LogP contribution is 2.36. The lowest BCUT2D eigenvalue weighted by Gasteiger charge is -2.03. The summed E-state index contributed by atoms with van der Waals surface area (Å²) in [5.41, 5.74) is 7.69. The molecule has 0 saturated heterocycles. The summed E-state index contributed by atoms with van der Waals surface area (Å²) in [4.78, 5) is 12.0. The molecule has 20 heavy (non-hydrogen) atoms. The molecule has 104 valence electrons. The second-order valence-electron chi connectivity index (χ2n) is 5.42. The van der Waals surface area contributed by atoms with Gasteiger partial charge < -0.3 is 11.1 Å². The van der Waals surface area contributed by atoms with E-state index in [0.29, 0.717) is 17.3 Å². The van der Waals surface area contributed by atoms with Gasteiger partial charge in [0.05, 0.1) is 5.69 Å². The van der Waals surface area contributed by atoms with E-state index >= 15 is 0 Å². The van der Waals surface area contributed by atoms with Gasteiger partial charge in [0.15, 0.2) is 5.69 Å². The minimum Gasteiger partial charge on any atom is -0.399 e. The van der Waals surface area contributed by atoms with Crippen molar-refractivity contribution in [3.8, 4) is 5.69 Å². The van der Waals surface area contributed by atoms with E-state index in [1.807, 2.05) is 24.3 Å². The highest BCUT2D eigenvalue weighted by molar-refractivity contribution is 5.92. The first-order valence-corrected chi connectivity index (χ1v) is 6.83. The van der Waals surface area contributed by atoms with Crippen LogP contribution in [-0.4, -0.2) is 22.2 Å². The molecule has 0 bridgehead atoms. The topological polar surface area (TPSA) is 72.9 Å². The van der Waals surface area contributed by atoms with Gasteiger partial charge in [-0.25, -0.2) is 4.68 Å². The summed E-state index contributed by atoms with van der Waals surface area (Å²) in [5, 5.41) is 7.22. The van der Waals surface area contributed by atoms with Crippen LogP contribution in [0, 0.1) is 11.8 Å². The van der Waals surface area contributed by atoms with Gasteiger partial charge in [0.1, 0.15) is 0 Å². The number of nitrogens with two attached hydrogens (primary N) is 1. The zero-order valence-electron chi connectivity index (χ0n) is 11.4. The molecular formula is C15H18N4O. The standard InChI is InChI=1S/C15H18N4O/c1-10-7-11(10)9-17-15(20)14-5-6-19(18-14)13-4-2-3-12(16)8-13/h2-6,8,10-11H,7,9,16H2,1H3,(H,17,20). The highest BCUT2D eigenvalue weighted by atomic mass is 16.1. The molecule has 0 spiro atoms. The van der Waals surface area contributed by atoms with Crippen molar-refractivity contribution in [2.45, 2.75) is 13.3 Å². The van der Waals surface area contributed by atoms with Crippen molar-refractivity contribution in [1.82, 2.24) is 15.1 Å². The molecule has 2 unspecified atom stereocenters. The van der Waals surface area contributed by atoms with Crippen LogP contribution in [0.5, 0.6) is 0 Å². The van der Waals surface area contributed by atoms with Crippen LogP contribution in [-0.2, 0) is 0 Å². The first-order chi connectivity index (χ1) is 9.63. The summed E-state index contributed by atoms with van der Waals surface area (Å²) in [6.07, 6.45) is 2.97. The molecule has 1 aliphatic rings. The average Bonchev–Trinajstić information content (AvgIpc) is 2.93. The SMILES string of the molecule is CC1CC1CNC(=O)c1ccn(-c2cccc(N)c2)n1. The van der Waals surface area contributed by atoms with Crippen LogP contribution in [0.4, 0.5) is 5.69 Å². The molecule has 5 heteroatoms. The number of nitrogen functional groups attached to an aromatic ring is 1. The van der Waals surface area contributed by atoms with Crippen LogP contribution in [0.15, 0.2) is 36.5 Å². The lowest BCUT2D eigenvalue weighted by Crippen LogP contribution is -2.26. The Bertz CT molecular complexity index is 634. The Morgan fingerprint density at radius 2 is 2.30 bits per heavy atom. The third kappa shape index (κ3) is 2.66. The first-order valence-electron chi connectivity index (χ1n) is 6.83. The fraction of sp³-hybridized carbons (Fsp3) is 0.333. The fourth-order valence-corrected chi connectivity index (χ4v) is 2.25. The van der Waals surface area contributed by atoms with Crippen molar-refractivity contribution in [1.29, 1.82) is 0 Å². The molecule has 1 heterocycles. The van der Waals surface area contributed by atoms with Crippen molar-refractivity contribution in [2.24, 2.45) is 11.8 Å². The number of amides is 1. The predicted molar refractivity (Wildman–Crippen MR) is 77.6 cm³/mol. The maximum atomic E-state index is 12.0. The number of anilines is 1. The zero-order valence-corrected chi connectivity index (χ0v) is 11.4. The summed E-state index contributed by atoms with van der Waals surface area (Å²) < 4.78 is 1.66. The minimum atomic E-state index is -0.119. The molecular weight excluding hydrogens is 252 g/mol. The van der Waals surface area contributed by atoms with Gasteiger partial charge in [-0.05, 0) is 42.5 Å². The van der Waals surface area contributed by atoms with Gasteiger partial charge in [-0.1, -0.05) is 13.0 Å². The fourth-order valence-electron chi connectivity index (χ4n) is 2.25. The van der Waals surface area contributed by atoms with Gasteiger partial charge in [0, 0.05) is 18.4 Å². The van der Waals surface area contributed by atoms with Gasteiger partial charge in [-0.3, -0.25) is 4.79 Å². The summed E-state index contributed by atoms with van der Waals surface area (Å²) >= 11 is 0. The van der Waals surface area contributed by atoms with Gasteiger partial charge in [-0.15, -0.1) is 0 Å². The number of benzene rings is 1. The summed E-state index contributed by atoms with van der Waals surface area (Å²) in [7, 11) is 0. The number of carbonyl (C=O) groups excluding carboxylic acids is 1. The Hall–Kier alpha value is -2.30. The smallest absolute Gasteiger partial charge is 0.271 e. The lowest BCUT2D eigenvalue weighted by molar-refractivity contribution is 0.0946.